The van der Waals surface area contributed by atoms with Crippen LogP contribution in [0.1, 0.15) is 11.3 Å². The van der Waals surface area contributed by atoms with Crippen LogP contribution in [0.3, 0.4) is 0 Å². The van der Waals surface area contributed by atoms with E-state index in [1.54, 1.807) is 0 Å². The van der Waals surface area contributed by atoms with Gasteiger partial charge in [0.05, 0.1) is 0 Å². The molecular weight excluding hydrogens is 164 g/mol. The third-order valence-corrected chi connectivity index (χ3v) is 1.28. The van der Waals surface area contributed by atoms with Crippen molar-refractivity contribution in [2.75, 3.05) is 5.73 Å². The Morgan fingerprint density at radius 1 is 1.15 bits per heavy atom. The SMILES string of the molecule is C=N.C=N.Cc1ccc(C)c(N)n1. The van der Waals surface area contributed by atoms with Gasteiger partial charge in [0.2, 0.25) is 0 Å². The smallest absolute Gasteiger partial charge is 0.126 e. The van der Waals surface area contributed by atoms with Crippen molar-refractivity contribution in [1.29, 1.82) is 10.8 Å². The molecule has 4 heteroatoms. The molecule has 4 nitrogen and oxygen atoms in total. The van der Waals surface area contributed by atoms with Gasteiger partial charge in [-0.25, -0.2) is 4.98 Å². The van der Waals surface area contributed by atoms with Gasteiger partial charge in [0.25, 0.3) is 0 Å². The van der Waals surface area contributed by atoms with Crippen LogP contribution in [0, 0.1) is 24.7 Å². The van der Waals surface area contributed by atoms with Gasteiger partial charge >= 0.3 is 0 Å². The lowest BCUT2D eigenvalue weighted by Crippen LogP contribution is -1.94. The van der Waals surface area contributed by atoms with E-state index in [1.165, 1.54) is 0 Å². The Labute approximate surface area is 78.8 Å². The third kappa shape index (κ3) is 5.55. The van der Waals surface area contributed by atoms with Gasteiger partial charge < -0.3 is 16.6 Å². The van der Waals surface area contributed by atoms with Crippen LogP contribution in [0.2, 0.25) is 0 Å². The molecule has 72 valence electrons. The number of nitrogens with one attached hydrogen (secondary N) is 2. The van der Waals surface area contributed by atoms with Crippen LogP contribution in [0.4, 0.5) is 5.82 Å². The Kier molecular flexibility index (Phi) is 8.94. The first-order valence-electron chi connectivity index (χ1n) is 3.60. The number of nitrogen functional groups attached to an aromatic ring is 1. The zero-order valence-electron chi connectivity index (χ0n) is 8.09. The zero-order chi connectivity index (χ0) is 10.9. The Hall–Kier alpha value is -1.71. The van der Waals surface area contributed by atoms with Crippen molar-refractivity contribution in [2.24, 2.45) is 0 Å². The number of anilines is 1. The van der Waals surface area contributed by atoms with E-state index in [0.29, 0.717) is 5.82 Å². The van der Waals surface area contributed by atoms with Gasteiger partial charge in [0, 0.05) is 5.69 Å². The van der Waals surface area contributed by atoms with Crippen molar-refractivity contribution in [3.63, 3.8) is 0 Å². The van der Waals surface area contributed by atoms with Crippen molar-refractivity contribution in [2.45, 2.75) is 13.8 Å². The topological polar surface area (TPSA) is 86.6 Å². The Balaban J connectivity index is 0. The Morgan fingerprint density at radius 2 is 1.62 bits per heavy atom. The van der Waals surface area contributed by atoms with E-state index >= 15 is 0 Å². The van der Waals surface area contributed by atoms with Crippen LogP contribution in [0.5, 0.6) is 0 Å². The number of aryl methyl sites for hydroxylation is 2. The average molecular weight is 180 g/mol. The predicted molar refractivity (Wildman–Crippen MR) is 57.8 cm³/mol. The van der Waals surface area contributed by atoms with Crippen LogP contribution >= 0.6 is 0 Å². The highest BCUT2D eigenvalue weighted by atomic mass is 14.8. The monoisotopic (exact) mass is 180 g/mol. The molecule has 13 heavy (non-hydrogen) atoms. The number of aromatic nitrogens is 1. The molecule has 0 bridgehead atoms. The summed E-state index contributed by atoms with van der Waals surface area (Å²) in [5.41, 5.74) is 7.52. The summed E-state index contributed by atoms with van der Waals surface area (Å²) in [4.78, 5) is 4.05. The summed E-state index contributed by atoms with van der Waals surface area (Å²) in [6.07, 6.45) is 0. The van der Waals surface area contributed by atoms with Crippen molar-refractivity contribution in [1.82, 2.24) is 4.98 Å². The van der Waals surface area contributed by atoms with Crippen LogP contribution in [0.25, 0.3) is 0 Å². The number of hydrogen-bond donors (Lipinski definition) is 3. The van der Waals surface area contributed by atoms with Crippen LogP contribution < -0.4 is 5.73 Å². The molecule has 0 amide bonds. The maximum atomic E-state index is 5.51. The van der Waals surface area contributed by atoms with Gasteiger partial charge in [-0.1, -0.05) is 6.07 Å². The number of rotatable bonds is 0. The molecule has 0 saturated carbocycles. The molecule has 1 rings (SSSR count). The number of nitrogens with zero attached hydrogens (tertiary/aromatic N) is 1. The Morgan fingerprint density at radius 3 is 1.92 bits per heavy atom. The van der Waals surface area contributed by atoms with Crippen LogP contribution in [-0.4, -0.2) is 18.4 Å². The molecule has 0 saturated heterocycles. The van der Waals surface area contributed by atoms with Gasteiger partial charge in [0.1, 0.15) is 5.82 Å². The molecule has 1 aromatic rings. The fourth-order valence-corrected chi connectivity index (χ4v) is 0.646. The molecule has 0 aliphatic carbocycles. The molecule has 0 radical (unpaired) electrons. The van der Waals surface area contributed by atoms with Crippen LogP contribution in [0.15, 0.2) is 12.1 Å². The van der Waals surface area contributed by atoms with E-state index in [0.717, 1.165) is 11.3 Å². The minimum Gasteiger partial charge on any atom is -0.383 e. The second-order valence-electron chi connectivity index (χ2n) is 2.15. The molecule has 0 aliphatic rings. The van der Waals surface area contributed by atoms with Crippen molar-refractivity contribution in [3.05, 3.63) is 23.4 Å². The second-order valence-corrected chi connectivity index (χ2v) is 2.15. The summed E-state index contributed by atoms with van der Waals surface area (Å²) in [5.74, 6) is 0.634. The van der Waals surface area contributed by atoms with E-state index in [-0.39, 0.29) is 0 Å². The summed E-state index contributed by atoms with van der Waals surface area (Å²) in [6, 6.07) is 3.92. The lowest BCUT2D eigenvalue weighted by Gasteiger charge is -1.97. The number of hydrogen-bond acceptors (Lipinski definition) is 4. The summed E-state index contributed by atoms with van der Waals surface area (Å²) < 4.78 is 0. The average Bonchev–Trinajstić information content (AvgIpc) is 2.18. The van der Waals surface area contributed by atoms with Crippen molar-refractivity contribution < 1.29 is 0 Å². The van der Waals surface area contributed by atoms with E-state index in [2.05, 4.69) is 18.4 Å². The molecule has 0 unspecified atom stereocenters. The van der Waals surface area contributed by atoms with E-state index in [4.69, 9.17) is 16.6 Å². The lowest BCUT2D eigenvalue weighted by molar-refractivity contribution is 1.18. The summed E-state index contributed by atoms with van der Waals surface area (Å²) >= 11 is 0. The summed E-state index contributed by atoms with van der Waals surface area (Å²) in [6.45, 7) is 8.87. The minimum atomic E-state index is 0.634. The largest absolute Gasteiger partial charge is 0.383 e. The van der Waals surface area contributed by atoms with Crippen molar-refractivity contribution >= 4 is 19.3 Å². The van der Waals surface area contributed by atoms with Crippen molar-refractivity contribution in [3.8, 4) is 0 Å². The number of nitrogens with two attached hydrogens (primary N) is 1. The fourth-order valence-electron chi connectivity index (χ4n) is 0.646. The predicted octanol–water partition coefficient (Wildman–Crippen LogP) is 1.81. The molecule has 4 N–H and O–H groups in total. The minimum absolute atomic E-state index is 0.634. The normalized spacial score (nSPS) is 7.23. The summed E-state index contributed by atoms with van der Waals surface area (Å²) in [7, 11) is 0. The van der Waals surface area contributed by atoms with Gasteiger partial charge in [0.15, 0.2) is 0 Å². The third-order valence-electron chi connectivity index (χ3n) is 1.28. The maximum absolute atomic E-state index is 5.51. The quantitative estimate of drug-likeness (QED) is 0.532. The van der Waals surface area contributed by atoms with E-state index < -0.39 is 0 Å². The fraction of sp³-hybridized carbons (Fsp3) is 0.222. The first-order chi connectivity index (χ1) is 6.20. The highest BCUT2D eigenvalue weighted by molar-refractivity contribution is 5.38. The lowest BCUT2D eigenvalue weighted by atomic mass is 10.2. The molecule has 0 aromatic carbocycles. The molecule has 0 atom stereocenters. The highest BCUT2D eigenvalue weighted by Crippen LogP contribution is 2.05. The Bertz CT molecular complexity index is 245. The molecule has 0 fully saturated rings. The first kappa shape index (κ1) is 13.9. The molecule has 1 heterocycles. The first-order valence-corrected chi connectivity index (χ1v) is 3.60. The second kappa shape index (κ2) is 8.39. The maximum Gasteiger partial charge on any atom is 0.126 e. The van der Waals surface area contributed by atoms with Gasteiger partial charge in [-0.2, -0.15) is 0 Å². The molecular formula is C9H16N4. The highest BCUT2D eigenvalue weighted by Gasteiger charge is 1.91. The van der Waals surface area contributed by atoms with Crippen LogP contribution in [-0.2, 0) is 0 Å². The van der Waals surface area contributed by atoms with Gasteiger partial charge in [-0.05, 0) is 38.9 Å². The zero-order valence-corrected chi connectivity index (χ0v) is 8.09. The van der Waals surface area contributed by atoms with E-state index in [1.807, 2.05) is 26.0 Å². The standard InChI is InChI=1S/C7H10N2.2CH3N/c1-5-3-4-6(2)9-7(5)8;2*1-2/h3-4H,1-2H3,(H2,8,9);2*2H,1H2. The molecule has 1 aromatic heterocycles. The molecule has 0 spiro atoms. The molecule has 0 aliphatic heterocycles. The van der Waals surface area contributed by atoms with E-state index in [9.17, 15) is 0 Å². The van der Waals surface area contributed by atoms with Gasteiger partial charge in [-0.3, -0.25) is 0 Å². The number of pyridine rings is 1. The summed E-state index contributed by atoms with van der Waals surface area (Å²) in [5, 5.41) is 11.0. The van der Waals surface area contributed by atoms with Gasteiger partial charge in [-0.15, -0.1) is 0 Å².